The summed E-state index contributed by atoms with van der Waals surface area (Å²) in [6, 6.07) is 9.57. The SMILES string of the molecule is CC1=C(CCCCCCN2CCN(S(=O)(=O)c3ccccc3F)CC2)C(=O)N(c2ccc(C#N)c(C(F)(F)F)c2)C1=O. The van der Waals surface area contributed by atoms with Gasteiger partial charge < -0.3 is 4.90 Å². The van der Waals surface area contributed by atoms with Gasteiger partial charge in [0.25, 0.3) is 11.8 Å². The largest absolute Gasteiger partial charge is 0.417 e. The molecule has 0 bridgehead atoms. The second kappa shape index (κ2) is 12.7. The fraction of sp³-hybridized carbons (Fsp3) is 0.414. The molecule has 42 heavy (non-hydrogen) atoms. The summed E-state index contributed by atoms with van der Waals surface area (Å²) in [7, 11) is -3.89. The lowest BCUT2D eigenvalue weighted by Gasteiger charge is -2.34. The van der Waals surface area contributed by atoms with Crippen LogP contribution in [0.4, 0.5) is 23.2 Å². The Kier molecular flexibility index (Phi) is 9.50. The van der Waals surface area contributed by atoms with Crippen LogP contribution in [-0.4, -0.2) is 62.2 Å². The van der Waals surface area contributed by atoms with Gasteiger partial charge in [-0.05, 0) is 63.1 Å². The van der Waals surface area contributed by atoms with Gasteiger partial charge in [0.05, 0.1) is 22.9 Å². The standard InChI is InChI=1S/C29H30F4N4O4S/c1-20-23(28(39)37(27(20)38)22-12-11-21(19-34)24(18-22)29(31,32)33)8-4-2-3-7-13-35-14-16-36(17-15-35)42(40,41)26-10-6-5-9-25(26)30/h5-6,9-12,18H,2-4,7-8,13-17H2,1H3. The molecular formula is C29H30F4N4O4S. The maximum Gasteiger partial charge on any atom is 0.417 e. The molecule has 1 fully saturated rings. The number of carbonyl (C=O) groups excluding carboxylic acids is 2. The average Bonchev–Trinajstić information content (AvgIpc) is 3.17. The molecule has 0 unspecified atom stereocenters. The molecule has 224 valence electrons. The van der Waals surface area contributed by atoms with Crippen LogP contribution < -0.4 is 4.90 Å². The second-order valence-electron chi connectivity index (χ2n) is 10.2. The number of carbonyl (C=O) groups is 2. The number of imide groups is 1. The van der Waals surface area contributed by atoms with Crippen molar-refractivity contribution in [2.75, 3.05) is 37.6 Å². The summed E-state index contributed by atoms with van der Waals surface area (Å²) >= 11 is 0. The summed E-state index contributed by atoms with van der Waals surface area (Å²) in [6.07, 6.45) is -1.48. The van der Waals surface area contributed by atoms with E-state index < -0.39 is 45.0 Å². The third kappa shape index (κ3) is 6.56. The number of anilines is 1. The van der Waals surface area contributed by atoms with E-state index in [9.17, 15) is 35.6 Å². The molecule has 0 atom stereocenters. The zero-order valence-corrected chi connectivity index (χ0v) is 23.8. The second-order valence-corrected chi connectivity index (χ2v) is 12.1. The van der Waals surface area contributed by atoms with Crippen LogP contribution in [0.1, 0.15) is 50.2 Å². The molecule has 0 N–H and O–H groups in total. The van der Waals surface area contributed by atoms with Gasteiger partial charge in [0, 0.05) is 37.3 Å². The Hall–Kier alpha value is -3.60. The summed E-state index contributed by atoms with van der Waals surface area (Å²) in [4.78, 5) is 28.3. The smallest absolute Gasteiger partial charge is 0.301 e. The minimum Gasteiger partial charge on any atom is -0.301 e. The summed E-state index contributed by atoms with van der Waals surface area (Å²) in [5.74, 6) is -2.10. The van der Waals surface area contributed by atoms with Gasteiger partial charge >= 0.3 is 6.18 Å². The number of nitriles is 1. The first kappa shape index (κ1) is 31.3. The van der Waals surface area contributed by atoms with Crippen LogP contribution in [0.5, 0.6) is 0 Å². The molecule has 2 heterocycles. The average molecular weight is 607 g/mol. The van der Waals surface area contributed by atoms with Crippen molar-refractivity contribution >= 4 is 27.5 Å². The van der Waals surface area contributed by atoms with Crippen LogP contribution in [0.15, 0.2) is 58.5 Å². The van der Waals surface area contributed by atoms with Crippen molar-refractivity contribution < 1.29 is 35.6 Å². The van der Waals surface area contributed by atoms with Crippen LogP contribution in [0, 0.1) is 17.1 Å². The number of unbranched alkanes of at least 4 members (excludes halogenated alkanes) is 3. The van der Waals surface area contributed by atoms with Gasteiger partial charge in [0.15, 0.2) is 0 Å². The number of rotatable bonds is 10. The van der Waals surface area contributed by atoms with Gasteiger partial charge in [-0.3, -0.25) is 9.59 Å². The minimum atomic E-state index is -4.81. The lowest BCUT2D eigenvalue weighted by atomic mass is 10.0. The highest BCUT2D eigenvalue weighted by molar-refractivity contribution is 7.89. The zero-order valence-electron chi connectivity index (χ0n) is 23.0. The van der Waals surface area contributed by atoms with Crippen LogP contribution in [0.2, 0.25) is 0 Å². The first-order chi connectivity index (χ1) is 19.9. The molecular weight excluding hydrogens is 576 g/mol. The fourth-order valence-corrected chi connectivity index (χ4v) is 6.68. The van der Waals surface area contributed by atoms with E-state index in [1.54, 1.807) is 0 Å². The Labute approximate surface area is 241 Å². The Morgan fingerprint density at radius 2 is 1.60 bits per heavy atom. The van der Waals surface area contributed by atoms with Crippen molar-refractivity contribution in [2.45, 2.75) is 50.1 Å². The third-order valence-electron chi connectivity index (χ3n) is 7.56. The van der Waals surface area contributed by atoms with Gasteiger partial charge in [-0.2, -0.15) is 22.7 Å². The van der Waals surface area contributed by atoms with E-state index in [-0.39, 0.29) is 34.8 Å². The van der Waals surface area contributed by atoms with Crippen molar-refractivity contribution in [1.82, 2.24) is 9.21 Å². The lowest BCUT2D eigenvalue weighted by Crippen LogP contribution is -2.48. The lowest BCUT2D eigenvalue weighted by molar-refractivity contribution is -0.138. The van der Waals surface area contributed by atoms with Gasteiger partial charge in [0.1, 0.15) is 10.7 Å². The van der Waals surface area contributed by atoms with Crippen LogP contribution in [-0.2, 0) is 25.8 Å². The topological polar surface area (TPSA) is 102 Å². The van der Waals surface area contributed by atoms with Crippen molar-refractivity contribution in [3.8, 4) is 6.07 Å². The number of benzene rings is 2. The molecule has 4 rings (SSSR count). The highest BCUT2D eigenvalue weighted by Crippen LogP contribution is 2.37. The van der Waals surface area contributed by atoms with E-state index >= 15 is 0 Å². The predicted octanol–water partition coefficient (Wildman–Crippen LogP) is 4.86. The molecule has 0 spiro atoms. The Bertz CT molecular complexity index is 1540. The quantitative estimate of drug-likeness (QED) is 0.218. The van der Waals surface area contributed by atoms with Crippen molar-refractivity contribution in [3.63, 3.8) is 0 Å². The molecule has 0 aromatic heterocycles. The predicted molar refractivity (Wildman–Crippen MR) is 146 cm³/mol. The van der Waals surface area contributed by atoms with E-state index in [4.69, 9.17) is 5.26 Å². The van der Waals surface area contributed by atoms with Crippen LogP contribution in [0.3, 0.4) is 0 Å². The summed E-state index contributed by atoms with van der Waals surface area (Å²) < 4.78 is 81.0. The molecule has 2 aromatic carbocycles. The van der Waals surface area contributed by atoms with E-state index in [0.29, 0.717) is 32.0 Å². The maximum atomic E-state index is 14.0. The molecule has 1 saturated heterocycles. The molecule has 8 nitrogen and oxygen atoms in total. The monoisotopic (exact) mass is 606 g/mol. The number of sulfonamides is 1. The number of nitrogens with zero attached hydrogens (tertiary/aromatic N) is 4. The van der Waals surface area contributed by atoms with Crippen LogP contribution in [0.25, 0.3) is 0 Å². The van der Waals surface area contributed by atoms with E-state index in [1.165, 1.54) is 35.5 Å². The number of alkyl halides is 3. The summed E-state index contributed by atoms with van der Waals surface area (Å²) in [6.45, 7) is 3.81. The molecule has 13 heteroatoms. The van der Waals surface area contributed by atoms with Gasteiger partial charge in [0.2, 0.25) is 10.0 Å². The Morgan fingerprint density at radius 3 is 2.24 bits per heavy atom. The van der Waals surface area contributed by atoms with E-state index in [0.717, 1.165) is 48.9 Å². The van der Waals surface area contributed by atoms with Gasteiger partial charge in [-0.15, -0.1) is 0 Å². The zero-order chi connectivity index (χ0) is 30.7. The maximum absolute atomic E-state index is 14.0. The first-order valence-corrected chi connectivity index (χ1v) is 15.0. The van der Waals surface area contributed by atoms with Crippen molar-refractivity contribution in [2.24, 2.45) is 0 Å². The minimum absolute atomic E-state index is 0.195. The highest BCUT2D eigenvalue weighted by Gasteiger charge is 2.39. The molecule has 0 saturated carbocycles. The van der Waals surface area contributed by atoms with E-state index in [2.05, 4.69) is 4.90 Å². The summed E-state index contributed by atoms with van der Waals surface area (Å²) in [5, 5.41) is 9.00. The van der Waals surface area contributed by atoms with Crippen LogP contribution >= 0.6 is 0 Å². The number of hydrogen-bond acceptors (Lipinski definition) is 6. The molecule has 2 aromatic rings. The Balaban J connectivity index is 1.22. The molecule has 2 aliphatic heterocycles. The Morgan fingerprint density at radius 1 is 0.929 bits per heavy atom. The fourth-order valence-electron chi connectivity index (χ4n) is 5.19. The van der Waals surface area contributed by atoms with Gasteiger partial charge in [-0.25, -0.2) is 17.7 Å². The third-order valence-corrected chi connectivity index (χ3v) is 9.49. The van der Waals surface area contributed by atoms with Crippen molar-refractivity contribution in [1.29, 1.82) is 5.26 Å². The molecule has 2 aliphatic rings. The van der Waals surface area contributed by atoms with Gasteiger partial charge in [-0.1, -0.05) is 25.0 Å². The highest BCUT2D eigenvalue weighted by atomic mass is 32.2. The normalized spacial score (nSPS) is 17.3. The molecule has 0 aliphatic carbocycles. The molecule has 0 radical (unpaired) electrons. The number of piperazine rings is 1. The number of halogens is 4. The number of hydrogen-bond donors (Lipinski definition) is 0. The summed E-state index contributed by atoms with van der Waals surface area (Å²) in [5.41, 5.74) is -1.56. The first-order valence-electron chi connectivity index (χ1n) is 13.5. The van der Waals surface area contributed by atoms with E-state index in [1.807, 2.05) is 0 Å². The number of amides is 2. The van der Waals surface area contributed by atoms with Crippen molar-refractivity contribution in [3.05, 3.63) is 70.6 Å². The molecule has 2 amide bonds.